The Balaban J connectivity index is 1.51. The van der Waals surface area contributed by atoms with Crippen molar-refractivity contribution >= 4 is 6.09 Å². The molecule has 2 heterocycles. The van der Waals surface area contributed by atoms with Gasteiger partial charge in [0.15, 0.2) is 11.9 Å². The molecule has 2 saturated heterocycles. The molecule has 0 aliphatic carbocycles. The summed E-state index contributed by atoms with van der Waals surface area (Å²) >= 11 is 0. The predicted molar refractivity (Wildman–Crippen MR) is 98.6 cm³/mol. The number of carbonyl (C=O) groups excluding carboxylic acids is 1. The van der Waals surface area contributed by atoms with E-state index in [-0.39, 0.29) is 12.7 Å². The third-order valence-corrected chi connectivity index (χ3v) is 4.81. The third kappa shape index (κ3) is 4.07. The van der Waals surface area contributed by atoms with Gasteiger partial charge in [-0.25, -0.2) is 4.79 Å². The second-order valence-corrected chi connectivity index (χ2v) is 6.65. The first-order chi connectivity index (χ1) is 13.3. The van der Waals surface area contributed by atoms with E-state index in [2.05, 4.69) is 17.4 Å². The molecule has 6 heteroatoms. The van der Waals surface area contributed by atoms with Crippen molar-refractivity contribution in [3.8, 4) is 5.75 Å². The van der Waals surface area contributed by atoms with E-state index in [1.807, 2.05) is 42.5 Å². The van der Waals surface area contributed by atoms with Gasteiger partial charge in [-0.3, -0.25) is 0 Å². The quantitative estimate of drug-likeness (QED) is 0.813. The summed E-state index contributed by atoms with van der Waals surface area (Å²) in [5, 5.41) is 2.63. The van der Waals surface area contributed by atoms with Crippen molar-refractivity contribution in [2.75, 3.05) is 26.4 Å². The number of hydrogen-bond acceptors (Lipinski definition) is 5. The topological polar surface area (TPSA) is 66.0 Å². The standard InChI is InChI=1S/C21H23NO5/c23-20-22-14-17(27-20)15-24-19-9-5-4-8-18(19)21(25-12-13-26-21)11-10-16-6-2-1-3-7-16/h1-9,17H,10-15H2,(H,22,23). The Morgan fingerprint density at radius 3 is 2.52 bits per heavy atom. The van der Waals surface area contributed by atoms with Gasteiger partial charge in [-0.15, -0.1) is 0 Å². The number of benzene rings is 2. The lowest BCUT2D eigenvalue weighted by Gasteiger charge is -2.30. The maximum atomic E-state index is 11.2. The van der Waals surface area contributed by atoms with Crippen molar-refractivity contribution in [2.24, 2.45) is 0 Å². The van der Waals surface area contributed by atoms with E-state index in [9.17, 15) is 4.79 Å². The molecule has 2 fully saturated rings. The minimum atomic E-state index is -0.822. The average molecular weight is 369 g/mol. The van der Waals surface area contributed by atoms with Crippen molar-refractivity contribution in [1.29, 1.82) is 0 Å². The molecule has 142 valence electrons. The molecule has 0 aromatic heterocycles. The highest BCUT2D eigenvalue weighted by molar-refractivity contribution is 5.69. The van der Waals surface area contributed by atoms with E-state index in [0.29, 0.717) is 31.9 Å². The first-order valence-electron chi connectivity index (χ1n) is 9.24. The number of cyclic esters (lactones) is 1. The van der Waals surface area contributed by atoms with Crippen LogP contribution in [-0.2, 0) is 26.4 Å². The predicted octanol–water partition coefficient (Wildman–Crippen LogP) is 3.01. The third-order valence-electron chi connectivity index (χ3n) is 4.81. The number of rotatable bonds is 7. The van der Waals surface area contributed by atoms with E-state index in [1.54, 1.807) is 0 Å². The summed E-state index contributed by atoms with van der Waals surface area (Å²) in [5.74, 6) is -0.132. The number of ether oxygens (including phenoxy) is 4. The number of nitrogens with one attached hydrogen (secondary N) is 1. The van der Waals surface area contributed by atoms with Gasteiger partial charge < -0.3 is 24.3 Å². The van der Waals surface area contributed by atoms with E-state index in [1.165, 1.54) is 5.56 Å². The summed E-state index contributed by atoms with van der Waals surface area (Å²) in [6.45, 7) is 1.83. The maximum Gasteiger partial charge on any atom is 0.407 e. The summed E-state index contributed by atoms with van der Waals surface area (Å²) in [6, 6.07) is 18.0. The van der Waals surface area contributed by atoms with Crippen molar-refractivity contribution < 1.29 is 23.7 Å². The van der Waals surface area contributed by atoms with Gasteiger partial charge in [-0.2, -0.15) is 0 Å². The molecule has 1 atom stereocenters. The second kappa shape index (κ2) is 7.98. The molecule has 0 radical (unpaired) electrons. The zero-order chi connectivity index (χ0) is 18.5. The molecule has 2 aliphatic rings. The van der Waals surface area contributed by atoms with Gasteiger partial charge in [0.05, 0.1) is 25.3 Å². The summed E-state index contributed by atoms with van der Waals surface area (Å²) in [5.41, 5.74) is 2.11. The van der Waals surface area contributed by atoms with Crippen molar-refractivity contribution in [3.63, 3.8) is 0 Å². The molecule has 4 rings (SSSR count). The van der Waals surface area contributed by atoms with Gasteiger partial charge in [0, 0.05) is 6.42 Å². The van der Waals surface area contributed by atoms with Crippen LogP contribution in [0, 0.1) is 0 Å². The summed E-state index contributed by atoms with van der Waals surface area (Å²) in [7, 11) is 0. The molecule has 27 heavy (non-hydrogen) atoms. The van der Waals surface area contributed by atoms with Crippen LogP contribution < -0.4 is 10.1 Å². The number of amides is 1. The van der Waals surface area contributed by atoms with Crippen LogP contribution in [0.3, 0.4) is 0 Å². The molecule has 1 amide bonds. The lowest BCUT2D eigenvalue weighted by Crippen LogP contribution is -2.29. The Labute approximate surface area is 158 Å². The van der Waals surface area contributed by atoms with Crippen LogP contribution in [0.25, 0.3) is 0 Å². The van der Waals surface area contributed by atoms with E-state index >= 15 is 0 Å². The Hall–Kier alpha value is -2.57. The molecular weight excluding hydrogens is 346 g/mol. The highest BCUT2D eigenvalue weighted by atomic mass is 16.7. The highest BCUT2D eigenvalue weighted by Gasteiger charge is 2.40. The Bertz CT molecular complexity index is 773. The Morgan fingerprint density at radius 2 is 1.78 bits per heavy atom. The SMILES string of the molecule is O=C1NCC(COc2ccccc2C2(CCc3ccccc3)OCCO2)O1. The zero-order valence-electron chi connectivity index (χ0n) is 15.1. The molecule has 0 spiro atoms. The van der Waals surface area contributed by atoms with Crippen LogP contribution in [0.2, 0.25) is 0 Å². The van der Waals surface area contributed by atoms with Crippen molar-refractivity contribution in [1.82, 2.24) is 5.32 Å². The summed E-state index contributed by atoms with van der Waals surface area (Å²) in [4.78, 5) is 11.2. The van der Waals surface area contributed by atoms with E-state index in [0.717, 1.165) is 12.0 Å². The Morgan fingerprint density at radius 1 is 1.04 bits per heavy atom. The van der Waals surface area contributed by atoms with Crippen LogP contribution in [0.15, 0.2) is 54.6 Å². The molecule has 0 saturated carbocycles. The monoisotopic (exact) mass is 369 g/mol. The second-order valence-electron chi connectivity index (χ2n) is 6.65. The van der Waals surface area contributed by atoms with Crippen LogP contribution >= 0.6 is 0 Å². The fraction of sp³-hybridized carbons (Fsp3) is 0.381. The number of para-hydroxylation sites is 1. The molecule has 1 N–H and O–H groups in total. The van der Waals surface area contributed by atoms with Crippen LogP contribution in [0.1, 0.15) is 17.5 Å². The minimum absolute atomic E-state index is 0.282. The molecule has 2 aliphatic heterocycles. The number of hydrogen-bond donors (Lipinski definition) is 1. The minimum Gasteiger partial charge on any atom is -0.489 e. The molecule has 2 aromatic carbocycles. The van der Waals surface area contributed by atoms with Crippen molar-refractivity contribution in [2.45, 2.75) is 24.7 Å². The zero-order valence-corrected chi connectivity index (χ0v) is 15.1. The van der Waals surface area contributed by atoms with Gasteiger partial charge in [0.25, 0.3) is 0 Å². The lowest BCUT2D eigenvalue weighted by molar-refractivity contribution is -0.171. The molecular formula is C21H23NO5. The summed E-state index contributed by atoms with van der Waals surface area (Å²) in [6.07, 6.45) is 0.825. The van der Waals surface area contributed by atoms with Crippen LogP contribution in [-0.4, -0.2) is 38.6 Å². The van der Waals surface area contributed by atoms with Gasteiger partial charge >= 0.3 is 6.09 Å². The highest BCUT2D eigenvalue weighted by Crippen LogP contribution is 2.40. The smallest absolute Gasteiger partial charge is 0.407 e. The lowest BCUT2D eigenvalue weighted by atomic mass is 9.97. The summed E-state index contributed by atoms with van der Waals surface area (Å²) < 4.78 is 23.3. The number of aryl methyl sites for hydroxylation is 1. The largest absolute Gasteiger partial charge is 0.489 e. The molecule has 0 bridgehead atoms. The average Bonchev–Trinajstić information content (AvgIpc) is 3.36. The van der Waals surface area contributed by atoms with Crippen LogP contribution in [0.4, 0.5) is 4.79 Å². The number of carbonyl (C=O) groups is 1. The van der Waals surface area contributed by atoms with E-state index < -0.39 is 11.9 Å². The van der Waals surface area contributed by atoms with Crippen LogP contribution in [0.5, 0.6) is 5.75 Å². The first-order valence-corrected chi connectivity index (χ1v) is 9.24. The van der Waals surface area contributed by atoms with Gasteiger partial charge in [-0.05, 0) is 24.1 Å². The fourth-order valence-corrected chi connectivity index (χ4v) is 3.46. The normalized spacial score (nSPS) is 20.9. The Kier molecular flexibility index (Phi) is 5.27. The van der Waals surface area contributed by atoms with Gasteiger partial charge in [0.2, 0.25) is 0 Å². The number of alkyl carbamates (subject to hydrolysis) is 1. The van der Waals surface area contributed by atoms with Crippen molar-refractivity contribution in [3.05, 3.63) is 65.7 Å². The molecule has 6 nitrogen and oxygen atoms in total. The molecule has 2 aromatic rings. The molecule has 1 unspecified atom stereocenters. The van der Waals surface area contributed by atoms with Gasteiger partial charge in [-0.1, -0.05) is 42.5 Å². The first kappa shape index (κ1) is 17.8. The maximum absolute atomic E-state index is 11.2. The van der Waals surface area contributed by atoms with Gasteiger partial charge in [0.1, 0.15) is 12.4 Å². The van der Waals surface area contributed by atoms with E-state index in [4.69, 9.17) is 18.9 Å². The fourth-order valence-electron chi connectivity index (χ4n) is 3.46.